The van der Waals surface area contributed by atoms with Gasteiger partial charge in [-0.2, -0.15) is 9.61 Å². The van der Waals surface area contributed by atoms with Gasteiger partial charge in [-0.3, -0.25) is 19.0 Å². The van der Waals surface area contributed by atoms with Crippen LogP contribution < -0.4 is 10.9 Å². The molecule has 12 nitrogen and oxygen atoms in total. The molecule has 1 aliphatic carbocycles. The summed E-state index contributed by atoms with van der Waals surface area (Å²) in [5, 5.41) is 27.3. The number of carboxylic acid groups (broad SMARTS) is 1. The highest BCUT2D eigenvalue weighted by Crippen LogP contribution is 2.38. The molecule has 3 fully saturated rings. The van der Waals surface area contributed by atoms with Gasteiger partial charge in [0.15, 0.2) is 5.56 Å². The Kier molecular flexibility index (Phi) is 6.66. The van der Waals surface area contributed by atoms with Crippen molar-refractivity contribution in [2.24, 2.45) is 5.92 Å². The van der Waals surface area contributed by atoms with Gasteiger partial charge in [-0.05, 0) is 50.5 Å². The number of likely N-dealkylation sites (tertiary alicyclic amines) is 2. The summed E-state index contributed by atoms with van der Waals surface area (Å²) in [6.45, 7) is 5.63. The summed E-state index contributed by atoms with van der Waals surface area (Å²) < 4.78 is 2.61. The summed E-state index contributed by atoms with van der Waals surface area (Å²) in [5.41, 5.74) is -0.638. The van der Waals surface area contributed by atoms with E-state index in [2.05, 4.69) is 10.4 Å². The van der Waals surface area contributed by atoms with Gasteiger partial charge in [-0.1, -0.05) is 13.8 Å². The minimum Gasteiger partial charge on any atom is -0.494 e. The molecule has 0 atom stereocenters. The number of hydrogen-bond donors (Lipinski definition) is 3. The van der Waals surface area contributed by atoms with Gasteiger partial charge in [-0.15, -0.1) is 0 Å². The molecule has 3 N–H and O–H groups in total. The van der Waals surface area contributed by atoms with Gasteiger partial charge in [0.1, 0.15) is 5.65 Å². The van der Waals surface area contributed by atoms with Crippen LogP contribution in [0.25, 0.3) is 11.7 Å². The maximum atomic E-state index is 13.3. The highest BCUT2D eigenvalue weighted by molar-refractivity contribution is 5.97. The largest absolute Gasteiger partial charge is 0.494 e. The van der Waals surface area contributed by atoms with Gasteiger partial charge in [0.2, 0.25) is 11.8 Å². The molecule has 4 heterocycles. The first kappa shape index (κ1) is 25.8. The average Bonchev–Trinajstić information content (AvgIpc) is 3.43. The molecule has 1 spiro atoms. The van der Waals surface area contributed by atoms with Crippen molar-refractivity contribution in [3.63, 3.8) is 0 Å². The molecule has 38 heavy (non-hydrogen) atoms. The predicted molar refractivity (Wildman–Crippen MR) is 138 cm³/mol. The molecule has 2 aliphatic heterocycles. The van der Waals surface area contributed by atoms with Crippen molar-refractivity contribution in [2.75, 3.05) is 19.6 Å². The smallest absolute Gasteiger partial charge is 0.407 e. The Morgan fingerprint density at radius 3 is 2.53 bits per heavy atom. The van der Waals surface area contributed by atoms with E-state index >= 15 is 0 Å². The van der Waals surface area contributed by atoms with E-state index in [1.165, 1.54) is 21.7 Å². The monoisotopic (exact) mass is 526 g/mol. The van der Waals surface area contributed by atoms with Gasteiger partial charge in [0, 0.05) is 49.4 Å². The molecule has 3 amide bonds. The molecule has 0 radical (unpaired) electrons. The highest BCUT2D eigenvalue weighted by atomic mass is 16.4. The zero-order chi connectivity index (χ0) is 27.2. The standard InChI is InChI=1S/C26H34N6O6/c1-16(2)15-30-22-17(14-27-32(22)24(36)20(23(30)35)21(34)28-18-5-6-18)4-7-19(33)31-11-3-8-26(31)9-12-29(13-10-26)25(37)38/h4,7,14,16,18,35H,3,5-6,8-13,15H2,1-2H3,(H,28,34)(H,37,38)/b7-4+. The van der Waals surface area contributed by atoms with Crippen molar-refractivity contribution in [1.29, 1.82) is 0 Å². The van der Waals surface area contributed by atoms with Gasteiger partial charge < -0.3 is 25.3 Å². The second-order valence-electron chi connectivity index (χ2n) is 11.0. The van der Waals surface area contributed by atoms with E-state index in [-0.39, 0.29) is 29.0 Å². The van der Waals surface area contributed by atoms with Crippen LogP contribution in [0.2, 0.25) is 0 Å². The lowest BCUT2D eigenvalue weighted by molar-refractivity contribution is -0.131. The lowest BCUT2D eigenvalue weighted by atomic mass is 9.85. The number of hydrogen-bond acceptors (Lipinski definition) is 6. The van der Waals surface area contributed by atoms with Crippen molar-refractivity contribution in [2.45, 2.75) is 70.5 Å². The van der Waals surface area contributed by atoms with Crippen molar-refractivity contribution >= 4 is 29.6 Å². The number of carbonyl (C=O) groups is 3. The number of aromatic hydroxyl groups is 1. The topological polar surface area (TPSA) is 149 Å². The molecule has 0 aromatic carbocycles. The van der Waals surface area contributed by atoms with E-state index in [0.29, 0.717) is 50.2 Å². The summed E-state index contributed by atoms with van der Waals surface area (Å²) in [6.07, 6.45) is 8.13. The Balaban J connectivity index is 1.45. The third kappa shape index (κ3) is 4.63. The lowest BCUT2D eigenvalue weighted by Gasteiger charge is -2.44. The molecule has 5 rings (SSSR count). The zero-order valence-electron chi connectivity index (χ0n) is 21.7. The molecular formula is C26H34N6O6. The molecule has 204 valence electrons. The van der Waals surface area contributed by atoms with Crippen LogP contribution in [0.15, 0.2) is 17.1 Å². The fourth-order valence-corrected chi connectivity index (χ4v) is 5.72. The van der Waals surface area contributed by atoms with Crippen LogP contribution in [0.5, 0.6) is 5.88 Å². The SMILES string of the molecule is CC(C)Cn1c(O)c(C(=O)NC2CC2)c(=O)n2ncc(/C=C/C(=O)N3CCCC34CCN(C(=O)O)CC4)c12. The lowest BCUT2D eigenvalue weighted by Crippen LogP contribution is -2.54. The van der Waals surface area contributed by atoms with E-state index in [1.807, 2.05) is 18.7 Å². The Morgan fingerprint density at radius 1 is 1.18 bits per heavy atom. The van der Waals surface area contributed by atoms with Gasteiger partial charge >= 0.3 is 6.09 Å². The molecule has 2 aromatic heterocycles. The Hall–Kier alpha value is -3.83. The molecule has 0 unspecified atom stereocenters. The number of fused-ring (bicyclic) bond motifs is 1. The number of aromatic nitrogens is 3. The maximum absolute atomic E-state index is 13.3. The predicted octanol–water partition coefficient (Wildman–Crippen LogP) is 1.90. The molecule has 0 bridgehead atoms. The van der Waals surface area contributed by atoms with Crippen LogP contribution in [0.4, 0.5) is 4.79 Å². The fourth-order valence-electron chi connectivity index (χ4n) is 5.72. The summed E-state index contributed by atoms with van der Waals surface area (Å²) in [5.74, 6) is -1.14. The Bertz CT molecular complexity index is 1360. The van der Waals surface area contributed by atoms with Crippen LogP contribution in [0, 0.1) is 5.92 Å². The molecule has 2 aromatic rings. The van der Waals surface area contributed by atoms with Crippen LogP contribution in [-0.4, -0.2) is 83.3 Å². The van der Waals surface area contributed by atoms with Crippen molar-refractivity contribution in [3.8, 4) is 5.88 Å². The molecule has 1 saturated carbocycles. The van der Waals surface area contributed by atoms with Crippen molar-refractivity contribution in [3.05, 3.63) is 33.8 Å². The second kappa shape index (κ2) is 9.80. The van der Waals surface area contributed by atoms with Gasteiger partial charge in [0.25, 0.3) is 11.5 Å². The van der Waals surface area contributed by atoms with Gasteiger partial charge in [-0.25, -0.2) is 4.79 Å². The van der Waals surface area contributed by atoms with Gasteiger partial charge in [0.05, 0.1) is 6.20 Å². The zero-order valence-corrected chi connectivity index (χ0v) is 21.7. The second-order valence-corrected chi connectivity index (χ2v) is 11.0. The van der Waals surface area contributed by atoms with E-state index in [0.717, 1.165) is 30.2 Å². The summed E-state index contributed by atoms with van der Waals surface area (Å²) in [7, 11) is 0. The number of rotatable bonds is 6. The number of piperidine rings is 1. The number of amides is 3. The van der Waals surface area contributed by atoms with Crippen molar-refractivity contribution in [1.82, 2.24) is 29.3 Å². The third-order valence-corrected chi connectivity index (χ3v) is 7.83. The van der Waals surface area contributed by atoms with Crippen LogP contribution in [0.3, 0.4) is 0 Å². The quantitative estimate of drug-likeness (QED) is 0.487. The third-order valence-electron chi connectivity index (χ3n) is 7.83. The Labute approximate surface area is 219 Å². The first-order chi connectivity index (χ1) is 18.1. The Morgan fingerprint density at radius 2 is 1.89 bits per heavy atom. The number of carbonyl (C=O) groups excluding carboxylic acids is 2. The first-order valence-corrected chi connectivity index (χ1v) is 13.2. The molecule has 12 heteroatoms. The highest BCUT2D eigenvalue weighted by Gasteiger charge is 2.45. The molecular weight excluding hydrogens is 492 g/mol. The first-order valence-electron chi connectivity index (χ1n) is 13.2. The minimum atomic E-state index is -0.937. The van der Waals surface area contributed by atoms with Crippen LogP contribution in [-0.2, 0) is 11.3 Å². The molecule has 2 saturated heterocycles. The summed E-state index contributed by atoms with van der Waals surface area (Å²) in [4.78, 5) is 53.8. The van der Waals surface area contributed by atoms with Crippen LogP contribution in [0.1, 0.15) is 68.3 Å². The maximum Gasteiger partial charge on any atom is 0.407 e. The van der Waals surface area contributed by atoms with E-state index in [9.17, 15) is 29.4 Å². The summed E-state index contributed by atoms with van der Waals surface area (Å²) in [6, 6.07) is 0.0166. The fraction of sp³-hybridized carbons (Fsp3) is 0.577. The van der Waals surface area contributed by atoms with E-state index in [1.54, 1.807) is 6.08 Å². The van der Waals surface area contributed by atoms with E-state index in [4.69, 9.17) is 0 Å². The molecule has 3 aliphatic rings. The van der Waals surface area contributed by atoms with E-state index < -0.39 is 23.4 Å². The van der Waals surface area contributed by atoms with Crippen LogP contribution >= 0.6 is 0 Å². The minimum absolute atomic E-state index is 0.0166. The number of nitrogens with one attached hydrogen (secondary N) is 1. The number of nitrogens with zero attached hydrogens (tertiary/aromatic N) is 5. The summed E-state index contributed by atoms with van der Waals surface area (Å²) >= 11 is 0. The normalized spacial score (nSPS) is 19.2. The average molecular weight is 527 g/mol. The van der Waals surface area contributed by atoms with Crippen molar-refractivity contribution < 1.29 is 24.6 Å².